The van der Waals surface area contributed by atoms with Gasteiger partial charge in [-0.3, -0.25) is 4.79 Å². The van der Waals surface area contributed by atoms with Crippen molar-refractivity contribution in [3.63, 3.8) is 0 Å². The Morgan fingerprint density at radius 2 is 1.85 bits per heavy atom. The van der Waals surface area contributed by atoms with E-state index in [1.807, 2.05) is 18.2 Å². The van der Waals surface area contributed by atoms with Crippen molar-refractivity contribution >= 4 is 5.78 Å². The second-order valence-electron chi connectivity index (χ2n) is 5.92. The molecule has 2 unspecified atom stereocenters. The summed E-state index contributed by atoms with van der Waals surface area (Å²) in [5.74, 6) is -1.13. The van der Waals surface area contributed by atoms with Gasteiger partial charge in [-0.25, -0.2) is 4.89 Å². The highest BCUT2D eigenvalue weighted by molar-refractivity contribution is 6.01. The Morgan fingerprint density at radius 1 is 1.20 bits per heavy atom. The van der Waals surface area contributed by atoms with Crippen LogP contribution in [0.15, 0.2) is 30.3 Å². The SMILES string of the molecule is CC(C)CC1OOC2(OO2)C1(C)C(=O)c1ccccc1. The maximum absolute atomic E-state index is 12.9. The van der Waals surface area contributed by atoms with Gasteiger partial charge < -0.3 is 0 Å². The lowest BCUT2D eigenvalue weighted by Gasteiger charge is -2.27. The molecule has 0 aliphatic carbocycles. The number of hydrogen-bond acceptors (Lipinski definition) is 5. The highest BCUT2D eigenvalue weighted by Gasteiger charge is 2.77. The van der Waals surface area contributed by atoms with Crippen LogP contribution < -0.4 is 0 Å². The number of benzene rings is 1. The zero-order valence-electron chi connectivity index (χ0n) is 11.8. The lowest BCUT2D eigenvalue weighted by molar-refractivity contribution is -0.331. The summed E-state index contributed by atoms with van der Waals surface area (Å²) in [4.78, 5) is 33.3. The minimum atomic E-state index is -1.39. The standard InChI is InChI=1S/C15H18O5/c1-10(2)9-12-14(3,15(18-17-12)19-20-15)13(16)11-7-5-4-6-8-11/h4-8,10,12H,9H2,1-3H3. The Hall–Kier alpha value is -1.27. The van der Waals surface area contributed by atoms with Crippen molar-refractivity contribution in [2.24, 2.45) is 11.3 Å². The Kier molecular flexibility index (Phi) is 3.17. The summed E-state index contributed by atoms with van der Waals surface area (Å²) >= 11 is 0. The maximum Gasteiger partial charge on any atom is 0.381 e. The molecule has 1 aromatic carbocycles. The van der Waals surface area contributed by atoms with Crippen LogP contribution in [0, 0.1) is 11.3 Å². The van der Waals surface area contributed by atoms with E-state index in [2.05, 4.69) is 13.8 Å². The predicted molar refractivity (Wildman–Crippen MR) is 69.2 cm³/mol. The molecule has 0 radical (unpaired) electrons. The first-order valence-electron chi connectivity index (χ1n) is 6.81. The van der Waals surface area contributed by atoms with Crippen molar-refractivity contribution < 1.29 is 24.3 Å². The minimum Gasteiger partial charge on any atom is -0.293 e. The topological polar surface area (TPSA) is 60.6 Å². The molecule has 2 fully saturated rings. The molecule has 1 spiro atoms. The molecule has 5 heteroatoms. The molecule has 0 N–H and O–H groups in total. The first-order chi connectivity index (χ1) is 9.49. The highest BCUT2D eigenvalue weighted by Crippen LogP contribution is 2.57. The Bertz CT molecular complexity index is 508. The van der Waals surface area contributed by atoms with E-state index in [0.717, 1.165) is 0 Å². The fourth-order valence-electron chi connectivity index (χ4n) is 2.62. The van der Waals surface area contributed by atoms with Crippen LogP contribution in [0.5, 0.6) is 0 Å². The van der Waals surface area contributed by atoms with Gasteiger partial charge in [0.1, 0.15) is 11.5 Å². The zero-order valence-corrected chi connectivity index (χ0v) is 11.8. The summed E-state index contributed by atoms with van der Waals surface area (Å²) in [5.41, 5.74) is -0.421. The van der Waals surface area contributed by atoms with Gasteiger partial charge in [-0.2, -0.15) is 14.7 Å². The average Bonchev–Trinajstić information content (AvgIpc) is 3.18. The van der Waals surface area contributed by atoms with Crippen molar-refractivity contribution in [1.29, 1.82) is 0 Å². The molecule has 0 saturated carbocycles. The van der Waals surface area contributed by atoms with E-state index in [0.29, 0.717) is 17.9 Å². The third kappa shape index (κ3) is 1.90. The van der Waals surface area contributed by atoms with E-state index in [9.17, 15) is 4.79 Å². The molecule has 2 aliphatic heterocycles. The van der Waals surface area contributed by atoms with Crippen LogP contribution in [0.2, 0.25) is 0 Å². The van der Waals surface area contributed by atoms with Crippen LogP contribution in [0.3, 0.4) is 0 Å². The van der Waals surface area contributed by atoms with Gasteiger partial charge in [0.25, 0.3) is 0 Å². The normalized spacial score (nSPS) is 30.9. The zero-order chi connectivity index (χ0) is 14.4. The van der Waals surface area contributed by atoms with E-state index in [1.54, 1.807) is 19.1 Å². The van der Waals surface area contributed by atoms with Gasteiger partial charge in [0.15, 0.2) is 5.78 Å². The number of carbonyl (C=O) groups is 1. The van der Waals surface area contributed by atoms with E-state index < -0.39 is 17.5 Å². The molecule has 3 rings (SSSR count). The summed E-state index contributed by atoms with van der Waals surface area (Å²) in [6.07, 6.45) is 0.279. The van der Waals surface area contributed by atoms with E-state index >= 15 is 0 Å². The summed E-state index contributed by atoms with van der Waals surface area (Å²) in [6, 6.07) is 9.06. The molecule has 108 valence electrons. The monoisotopic (exact) mass is 278 g/mol. The number of Topliss-reactive ketones (excluding diaryl/α,β-unsaturated/α-hetero) is 1. The first-order valence-corrected chi connectivity index (χ1v) is 6.81. The minimum absolute atomic E-state index is 0.0984. The Balaban J connectivity index is 1.95. The fourth-order valence-corrected chi connectivity index (χ4v) is 2.62. The Morgan fingerprint density at radius 3 is 2.40 bits per heavy atom. The smallest absolute Gasteiger partial charge is 0.293 e. The van der Waals surface area contributed by atoms with Crippen LogP contribution in [0.1, 0.15) is 37.6 Å². The predicted octanol–water partition coefficient (Wildman–Crippen LogP) is 2.87. The third-order valence-corrected chi connectivity index (χ3v) is 3.98. The van der Waals surface area contributed by atoms with Crippen LogP contribution in [0.4, 0.5) is 0 Å². The van der Waals surface area contributed by atoms with Gasteiger partial charge in [0, 0.05) is 5.56 Å². The molecular weight excluding hydrogens is 260 g/mol. The van der Waals surface area contributed by atoms with E-state index in [4.69, 9.17) is 19.6 Å². The van der Waals surface area contributed by atoms with Crippen molar-refractivity contribution in [3.05, 3.63) is 35.9 Å². The fraction of sp³-hybridized carbons (Fsp3) is 0.533. The van der Waals surface area contributed by atoms with E-state index in [-0.39, 0.29) is 5.78 Å². The van der Waals surface area contributed by atoms with Gasteiger partial charge >= 0.3 is 5.97 Å². The van der Waals surface area contributed by atoms with Crippen LogP contribution in [0.25, 0.3) is 0 Å². The van der Waals surface area contributed by atoms with Crippen LogP contribution >= 0.6 is 0 Å². The molecular formula is C15H18O5. The van der Waals surface area contributed by atoms with Crippen molar-refractivity contribution in [1.82, 2.24) is 0 Å². The van der Waals surface area contributed by atoms with Gasteiger partial charge in [0.05, 0.1) is 0 Å². The Labute approximate surface area is 117 Å². The number of ketones is 1. The largest absolute Gasteiger partial charge is 0.381 e. The first kappa shape index (κ1) is 13.7. The number of rotatable bonds is 4. The molecule has 5 nitrogen and oxygen atoms in total. The highest BCUT2D eigenvalue weighted by atomic mass is 17.5. The van der Waals surface area contributed by atoms with Crippen molar-refractivity contribution in [3.8, 4) is 0 Å². The molecule has 1 aromatic rings. The number of carbonyl (C=O) groups excluding carboxylic acids is 1. The summed E-state index contributed by atoms with van der Waals surface area (Å²) < 4.78 is 0. The lowest BCUT2D eigenvalue weighted by Crippen LogP contribution is -2.46. The number of hydrogen-bond donors (Lipinski definition) is 0. The van der Waals surface area contributed by atoms with Gasteiger partial charge in [-0.15, -0.1) is 0 Å². The second kappa shape index (κ2) is 4.63. The molecule has 20 heavy (non-hydrogen) atoms. The molecule has 2 atom stereocenters. The summed E-state index contributed by atoms with van der Waals surface area (Å²) in [7, 11) is 0. The molecule has 0 bridgehead atoms. The average molecular weight is 278 g/mol. The van der Waals surface area contributed by atoms with Crippen molar-refractivity contribution in [2.45, 2.75) is 39.3 Å². The summed E-state index contributed by atoms with van der Waals surface area (Å²) in [6.45, 7) is 5.90. The molecule has 0 amide bonds. The molecule has 2 saturated heterocycles. The van der Waals surface area contributed by atoms with Crippen LogP contribution in [-0.2, 0) is 19.6 Å². The molecule has 2 heterocycles. The van der Waals surface area contributed by atoms with Gasteiger partial charge in [0.2, 0.25) is 0 Å². The lowest BCUT2D eigenvalue weighted by atomic mass is 9.73. The quantitative estimate of drug-likeness (QED) is 0.481. The van der Waals surface area contributed by atoms with Crippen LogP contribution in [-0.4, -0.2) is 17.9 Å². The third-order valence-electron chi connectivity index (χ3n) is 3.98. The summed E-state index contributed by atoms with van der Waals surface area (Å²) in [5, 5.41) is 0. The van der Waals surface area contributed by atoms with E-state index in [1.165, 1.54) is 0 Å². The van der Waals surface area contributed by atoms with Crippen molar-refractivity contribution in [2.75, 3.05) is 0 Å². The second-order valence-corrected chi connectivity index (χ2v) is 5.92. The van der Waals surface area contributed by atoms with Gasteiger partial charge in [-0.05, 0) is 19.3 Å². The van der Waals surface area contributed by atoms with Gasteiger partial charge in [-0.1, -0.05) is 44.2 Å². The molecule has 2 aliphatic rings. The molecule has 0 aromatic heterocycles. The maximum atomic E-state index is 12.9.